The number of benzene rings is 1. The molecule has 1 aromatic heterocycles. The molecule has 1 aromatic carbocycles. The molecule has 63 heavy (non-hydrogen) atoms. The van der Waals surface area contributed by atoms with Gasteiger partial charge in [-0.05, 0) is 86.4 Å². The maximum absolute atomic E-state index is 15.5. The van der Waals surface area contributed by atoms with Crippen LogP contribution < -0.4 is 5.32 Å². The highest BCUT2D eigenvalue weighted by Gasteiger charge is 2.99. The standard InChI is InChI=1S/C48H61N5O10/c1-9-43(58)23-28-24-45(41(56)60-7,37-30(14-18-52(25-28)26-43)31-20-29(38(55)49-4)12-13-34(31)50-37)33-21-32-35(22-36(33)59-6)51(5)48-46(32)16-19-53-17-11-15-44(10-2,39(46)53)40(62-27(3)54)47(48,63-48)42(57)61-8/h11-13,15,20-22,28,33,36,39-40,50,58H,9-10,14,16-19,23-26H2,1-8H3,(H,49,55)/t28-,33?,36?,39+,40-,43+,44-,45+,46-,47+,48+/m1/s1. The number of esters is 3. The largest absolute Gasteiger partial charge is 0.468 e. The zero-order valence-electron chi connectivity index (χ0n) is 37.7. The van der Waals surface area contributed by atoms with Crippen molar-refractivity contribution in [2.75, 3.05) is 68.1 Å². The average Bonchev–Trinajstić information content (AvgIpc) is 3.53. The van der Waals surface area contributed by atoms with E-state index in [9.17, 15) is 19.5 Å². The highest BCUT2D eigenvalue weighted by Crippen LogP contribution is 2.82. The van der Waals surface area contributed by atoms with Gasteiger partial charge in [0.1, 0.15) is 5.41 Å². The molecule has 7 heterocycles. The van der Waals surface area contributed by atoms with Crippen LogP contribution in [-0.2, 0) is 49.9 Å². The van der Waals surface area contributed by atoms with Gasteiger partial charge in [0.05, 0.1) is 31.3 Å². The number of aromatic amines is 1. The number of allylic oxidation sites excluding steroid dienone is 1. The summed E-state index contributed by atoms with van der Waals surface area (Å²) in [6.07, 6.45) is 10.0. The number of ether oxygens (including phenoxy) is 5. The summed E-state index contributed by atoms with van der Waals surface area (Å²) in [4.78, 5) is 67.0. The van der Waals surface area contributed by atoms with E-state index in [4.69, 9.17) is 23.7 Å². The van der Waals surface area contributed by atoms with Crippen LogP contribution in [0.4, 0.5) is 0 Å². The number of likely N-dealkylation sites (N-methyl/N-ethyl adjacent to an activating group) is 1. The molecule has 3 N–H and O–H groups in total. The number of piperidine rings is 1. The van der Waals surface area contributed by atoms with Crippen LogP contribution in [0.1, 0.15) is 74.5 Å². The number of carbonyl (C=O) groups excluding carboxylic acids is 4. The van der Waals surface area contributed by atoms with Crippen molar-refractivity contribution in [2.45, 2.75) is 99.9 Å². The molecule has 3 unspecified atom stereocenters. The van der Waals surface area contributed by atoms with Crippen LogP contribution in [0.15, 0.2) is 53.8 Å². The number of methoxy groups -OCH3 is 3. The van der Waals surface area contributed by atoms with Crippen molar-refractivity contribution in [3.8, 4) is 0 Å². The molecule has 12 atom stereocenters. The number of carbonyl (C=O) groups is 4. The minimum absolute atomic E-state index is 0.116. The maximum atomic E-state index is 15.5. The van der Waals surface area contributed by atoms with E-state index in [0.717, 1.165) is 27.7 Å². The van der Waals surface area contributed by atoms with Gasteiger partial charge in [-0.2, -0.15) is 0 Å². The van der Waals surface area contributed by atoms with Crippen LogP contribution >= 0.6 is 0 Å². The van der Waals surface area contributed by atoms with E-state index in [2.05, 4.69) is 56.2 Å². The number of hydrogen-bond donors (Lipinski definition) is 3. The van der Waals surface area contributed by atoms with Crippen molar-refractivity contribution >= 4 is 34.7 Å². The lowest BCUT2D eigenvalue weighted by Gasteiger charge is -2.58. The van der Waals surface area contributed by atoms with Gasteiger partial charge in [0, 0.05) is 99.5 Å². The first kappa shape index (κ1) is 42.4. The van der Waals surface area contributed by atoms with Crippen molar-refractivity contribution in [1.29, 1.82) is 0 Å². The summed E-state index contributed by atoms with van der Waals surface area (Å²) in [7, 11) is 7.99. The van der Waals surface area contributed by atoms with Crippen LogP contribution in [0.2, 0.25) is 0 Å². The Morgan fingerprint density at radius 2 is 1.81 bits per heavy atom. The summed E-state index contributed by atoms with van der Waals surface area (Å²) >= 11 is 0. The molecule has 15 heteroatoms. The lowest BCUT2D eigenvalue weighted by atomic mass is 9.48. The fourth-order valence-electron chi connectivity index (χ4n) is 14.7. The first-order chi connectivity index (χ1) is 30.1. The Labute approximate surface area is 368 Å². The molecule has 338 valence electrons. The van der Waals surface area contributed by atoms with Crippen molar-refractivity contribution in [3.05, 3.63) is 70.6 Å². The molecule has 6 aliphatic heterocycles. The number of aromatic nitrogens is 1. The molecule has 15 nitrogen and oxygen atoms in total. The summed E-state index contributed by atoms with van der Waals surface area (Å²) in [5.41, 5.74) is -2.32. The number of nitrogens with one attached hydrogen (secondary N) is 2. The van der Waals surface area contributed by atoms with Crippen molar-refractivity contribution in [2.24, 2.45) is 22.7 Å². The van der Waals surface area contributed by atoms with Gasteiger partial charge in [-0.15, -0.1) is 0 Å². The van der Waals surface area contributed by atoms with Crippen molar-refractivity contribution < 1.29 is 48.0 Å². The quantitative estimate of drug-likeness (QED) is 0.153. The summed E-state index contributed by atoms with van der Waals surface area (Å²) in [6, 6.07) is 5.33. The van der Waals surface area contributed by atoms with E-state index < -0.39 is 69.2 Å². The number of amides is 1. The minimum Gasteiger partial charge on any atom is -0.468 e. The van der Waals surface area contributed by atoms with E-state index in [0.29, 0.717) is 82.5 Å². The van der Waals surface area contributed by atoms with E-state index in [-0.39, 0.29) is 17.9 Å². The second kappa shape index (κ2) is 14.2. The van der Waals surface area contributed by atoms with E-state index in [1.807, 2.05) is 26.1 Å². The topological polar surface area (TPSA) is 176 Å². The number of fused-ring (bicyclic) bond motifs is 6. The Morgan fingerprint density at radius 3 is 2.49 bits per heavy atom. The summed E-state index contributed by atoms with van der Waals surface area (Å²) in [5, 5.41) is 15.7. The lowest BCUT2D eigenvalue weighted by molar-refractivity contribution is -0.182. The van der Waals surface area contributed by atoms with Gasteiger partial charge in [0.25, 0.3) is 11.5 Å². The van der Waals surface area contributed by atoms with Crippen molar-refractivity contribution in [1.82, 2.24) is 25.0 Å². The average molecular weight is 868 g/mol. The van der Waals surface area contributed by atoms with Gasteiger partial charge >= 0.3 is 17.9 Å². The monoisotopic (exact) mass is 867 g/mol. The van der Waals surface area contributed by atoms with Gasteiger partial charge in [-0.25, -0.2) is 4.79 Å². The Bertz CT molecular complexity index is 2410. The highest BCUT2D eigenvalue weighted by atomic mass is 16.7. The van der Waals surface area contributed by atoms with Gasteiger partial charge in [-0.3, -0.25) is 24.2 Å². The van der Waals surface area contributed by atoms with E-state index in [1.54, 1.807) is 20.2 Å². The Balaban J connectivity index is 1.26. The highest BCUT2D eigenvalue weighted by molar-refractivity contribution is 6.00. The summed E-state index contributed by atoms with van der Waals surface area (Å²) in [6.45, 7) is 8.66. The first-order valence-electron chi connectivity index (χ1n) is 22.6. The third kappa shape index (κ3) is 5.14. The number of rotatable bonds is 8. The number of likely N-dealkylation sites (tertiary alicyclic amines) is 1. The fraction of sp³-hybridized carbons (Fsp3) is 0.625. The van der Waals surface area contributed by atoms with Gasteiger partial charge in [0.2, 0.25) is 0 Å². The molecule has 5 fully saturated rings. The normalized spacial score (nSPS) is 40.7. The second-order valence-corrected chi connectivity index (χ2v) is 19.5. The molecular weight excluding hydrogens is 807 g/mol. The lowest BCUT2D eigenvalue weighted by Crippen LogP contribution is -2.73. The number of epoxide rings is 1. The first-order valence-corrected chi connectivity index (χ1v) is 22.6. The minimum atomic E-state index is -1.68. The van der Waals surface area contributed by atoms with Crippen LogP contribution in [0.25, 0.3) is 10.9 Å². The van der Waals surface area contributed by atoms with Crippen LogP contribution in [-0.4, -0.2) is 152 Å². The Morgan fingerprint density at radius 1 is 1.03 bits per heavy atom. The molecule has 2 bridgehead atoms. The molecule has 10 rings (SSSR count). The van der Waals surface area contributed by atoms with Crippen molar-refractivity contribution in [3.63, 3.8) is 0 Å². The number of H-pyrrole nitrogens is 1. The smallest absolute Gasteiger partial charge is 0.347 e. The van der Waals surface area contributed by atoms with Crippen LogP contribution in [0.3, 0.4) is 0 Å². The summed E-state index contributed by atoms with van der Waals surface area (Å²) in [5.74, 6) is -2.54. The molecule has 2 spiro atoms. The van der Waals surface area contributed by atoms with Gasteiger partial charge < -0.3 is 44.0 Å². The molecule has 0 radical (unpaired) electrons. The molecular formula is C48H61N5O10. The van der Waals surface area contributed by atoms with Gasteiger partial charge in [0.15, 0.2) is 11.8 Å². The molecule has 2 aromatic rings. The van der Waals surface area contributed by atoms with E-state index in [1.165, 1.54) is 21.1 Å². The third-order valence-corrected chi connectivity index (χ3v) is 17.0. The number of aliphatic hydroxyl groups is 1. The predicted octanol–water partition coefficient (Wildman–Crippen LogP) is 3.36. The summed E-state index contributed by atoms with van der Waals surface area (Å²) < 4.78 is 31.7. The molecule has 1 amide bonds. The SMILES string of the molecule is CC[C@]1(O)C[C@H]2CN(CCc3c([nH]c4ccc(C(=O)NC)cc34)[C@@](C(=O)OC)(C3C=C4C(=CC3OC)N(C)[C@@]35O[C@]3(C(=O)OC)[C@H](OC(C)=O)[C@]3(CC)C=CCN6CC[C@]45[C@@H]63)C2)C1. The van der Waals surface area contributed by atoms with Crippen LogP contribution in [0.5, 0.6) is 0 Å². The number of nitrogens with zero attached hydrogens (tertiary/aromatic N) is 3. The molecule has 4 saturated heterocycles. The third-order valence-electron chi connectivity index (χ3n) is 17.0. The maximum Gasteiger partial charge on any atom is 0.347 e. The van der Waals surface area contributed by atoms with E-state index >= 15 is 4.79 Å². The molecule has 8 aliphatic rings. The van der Waals surface area contributed by atoms with Gasteiger partial charge in [-0.1, -0.05) is 32.1 Å². The second-order valence-electron chi connectivity index (χ2n) is 19.5. The van der Waals surface area contributed by atoms with Crippen LogP contribution in [0, 0.1) is 22.7 Å². The number of hydrogen-bond acceptors (Lipinski definition) is 13. The Hall–Kier alpha value is -4.54. The zero-order valence-corrected chi connectivity index (χ0v) is 37.7. The zero-order chi connectivity index (χ0) is 44.6. The predicted molar refractivity (Wildman–Crippen MR) is 230 cm³/mol. The Kier molecular flexibility index (Phi) is 9.58. The molecule has 1 saturated carbocycles. The molecule has 2 aliphatic carbocycles. The fourth-order valence-corrected chi connectivity index (χ4v) is 14.7.